The van der Waals surface area contributed by atoms with E-state index in [0.29, 0.717) is 15.8 Å². The van der Waals surface area contributed by atoms with Gasteiger partial charge in [-0.1, -0.05) is 31.9 Å². The molecule has 92 valence electrons. The second-order valence-electron chi connectivity index (χ2n) is 3.43. The van der Waals surface area contributed by atoms with Gasteiger partial charge in [-0.2, -0.15) is 5.11 Å². The maximum absolute atomic E-state index is 9.82. The molecule has 2 aromatic carbocycles. The number of phenols is 1. The first-order valence-electron chi connectivity index (χ1n) is 4.91. The Labute approximate surface area is 129 Å². The summed E-state index contributed by atoms with van der Waals surface area (Å²) < 4.78 is 2.37. The Kier molecular flexibility index (Phi) is 4.53. The highest BCUT2D eigenvalue weighted by Gasteiger charge is 2.06. The molecule has 0 aliphatic rings. The molecule has 0 saturated carbocycles. The van der Waals surface area contributed by atoms with Crippen LogP contribution in [0.1, 0.15) is 0 Å². The van der Waals surface area contributed by atoms with Gasteiger partial charge >= 0.3 is 0 Å². The van der Waals surface area contributed by atoms with Gasteiger partial charge in [0.2, 0.25) is 0 Å². The molecule has 0 saturated heterocycles. The molecule has 6 heteroatoms. The first-order valence-corrected chi connectivity index (χ1v) is 7.29. The van der Waals surface area contributed by atoms with Gasteiger partial charge in [-0.15, -0.1) is 5.11 Å². The van der Waals surface area contributed by atoms with E-state index >= 15 is 0 Å². The summed E-state index contributed by atoms with van der Waals surface area (Å²) in [6.45, 7) is 0. The van der Waals surface area contributed by atoms with Crippen molar-refractivity contribution in [1.29, 1.82) is 0 Å². The van der Waals surface area contributed by atoms with Gasteiger partial charge in [-0.05, 0) is 52.3 Å². The average Bonchev–Trinajstić information content (AvgIpc) is 2.34. The SMILES string of the molecule is Oc1c(Br)cc(Br)cc1/N=N/c1ccc(Br)cc1. The molecule has 0 bridgehead atoms. The summed E-state index contributed by atoms with van der Waals surface area (Å²) in [5.74, 6) is 0.0686. The van der Waals surface area contributed by atoms with Crippen LogP contribution in [0.2, 0.25) is 0 Å². The number of phenolic OH excluding ortho intramolecular Hbond substituents is 1. The fourth-order valence-electron chi connectivity index (χ4n) is 1.25. The maximum Gasteiger partial charge on any atom is 0.157 e. The molecular weight excluding hydrogens is 428 g/mol. The molecule has 0 radical (unpaired) electrons. The van der Waals surface area contributed by atoms with E-state index in [9.17, 15) is 5.11 Å². The number of aromatic hydroxyl groups is 1. The van der Waals surface area contributed by atoms with E-state index in [1.165, 1.54) is 0 Å². The Balaban J connectivity index is 2.31. The number of benzene rings is 2. The average molecular weight is 435 g/mol. The largest absolute Gasteiger partial charge is 0.505 e. The number of hydrogen-bond donors (Lipinski definition) is 1. The minimum Gasteiger partial charge on any atom is -0.505 e. The van der Waals surface area contributed by atoms with Gasteiger partial charge in [0, 0.05) is 8.95 Å². The third kappa shape index (κ3) is 3.40. The van der Waals surface area contributed by atoms with Crippen LogP contribution in [0.4, 0.5) is 11.4 Å². The highest BCUT2D eigenvalue weighted by molar-refractivity contribution is 9.11. The fourth-order valence-corrected chi connectivity index (χ4v) is 2.72. The van der Waals surface area contributed by atoms with E-state index in [1.54, 1.807) is 12.1 Å². The Morgan fingerprint density at radius 3 is 2.17 bits per heavy atom. The molecule has 1 N–H and O–H groups in total. The molecule has 0 unspecified atom stereocenters. The van der Waals surface area contributed by atoms with Crippen molar-refractivity contribution in [3.63, 3.8) is 0 Å². The Morgan fingerprint density at radius 1 is 0.833 bits per heavy atom. The van der Waals surface area contributed by atoms with E-state index in [1.807, 2.05) is 24.3 Å². The van der Waals surface area contributed by atoms with Crippen molar-refractivity contribution in [3.8, 4) is 5.75 Å². The van der Waals surface area contributed by atoms with Crippen LogP contribution >= 0.6 is 47.8 Å². The van der Waals surface area contributed by atoms with Gasteiger partial charge in [0.05, 0.1) is 10.2 Å². The van der Waals surface area contributed by atoms with Crippen LogP contribution in [-0.4, -0.2) is 5.11 Å². The highest BCUT2D eigenvalue weighted by Crippen LogP contribution is 2.38. The second kappa shape index (κ2) is 5.95. The molecule has 0 heterocycles. The first kappa shape index (κ1) is 13.7. The zero-order valence-electron chi connectivity index (χ0n) is 8.94. The van der Waals surface area contributed by atoms with Crippen molar-refractivity contribution in [1.82, 2.24) is 0 Å². The van der Waals surface area contributed by atoms with E-state index in [2.05, 4.69) is 58.0 Å². The summed E-state index contributed by atoms with van der Waals surface area (Å²) >= 11 is 9.93. The summed E-state index contributed by atoms with van der Waals surface area (Å²) in [6.07, 6.45) is 0. The summed E-state index contributed by atoms with van der Waals surface area (Å²) in [4.78, 5) is 0. The highest BCUT2D eigenvalue weighted by atomic mass is 79.9. The van der Waals surface area contributed by atoms with Crippen molar-refractivity contribution >= 4 is 59.2 Å². The monoisotopic (exact) mass is 432 g/mol. The molecule has 0 aliphatic carbocycles. The zero-order chi connectivity index (χ0) is 13.1. The molecular formula is C12H7Br3N2O. The predicted octanol–water partition coefficient (Wildman–Crippen LogP) is 6.10. The Morgan fingerprint density at radius 2 is 1.50 bits per heavy atom. The van der Waals surface area contributed by atoms with Gasteiger partial charge < -0.3 is 5.11 Å². The Bertz CT molecular complexity index is 597. The normalized spacial score (nSPS) is 11.1. The van der Waals surface area contributed by atoms with Crippen molar-refractivity contribution in [2.75, 3.05) is 0 Å². The maximum atomic E-state index is 9.82. The number of rotatable bonds is 2. The van der Waals surface area contributed by atoms with Crippen LogP contribution in [0.3, 0.4) is 0 Å². The fraction of sp³-hybridized carbons (Fsp3) is 0. The van der Waals surface area contributed by atoms with Crippen LogP contribution in [0, 0.1) is 0 Å². The van der Waals surface area contributed by atoms with Gasteiger partial charge in [0.25, 0.3) is 0 Å². The van der Waals surface area contributed by atoms with Crippen LogP contribution in [-0.2, 0) is 0 Å². The first-order chi connectivity index (χ1) is 8.56. The molecule has 0 spiro atoms. The molecule has 0 fully saturated rings. The van der Waals surface area contributed by atoms with Crippen molar-refractivity contribution in [2.45, 2.75) is 0 Å². The molecule has 2 rings (SSSR count). The van der Waals surface area contributed by atoms with Crippen molar-refractivity contribution in [2.24, 2.45) is 10.2 Å². The van der Waals surface area contributed by atoms with E-state index in [4.69, 9.17) is 0 Å². The number of hydrogen-bond acceptors (Lipinski definition) is 3. The summed E-state index contributed by atoms with van der Waals surface area (Å²) in [6, 6.07) is 10.9. The van der Waals surface area contributed by atoms with Gasteiger partial charge in [0.15, 0.2) is 5.75 Å². The minimum absolute atomic E-state index is 0.0686. The number of nitrogens with zero attached hydrogens (tertiary/aromatic N) is 2. The number of halogens is 3. The molecule has 2 aromatic rings. The van der Waals surface area contributed by atoms with Crippen LogP contribution in [0.5, 0.6) is 5.75 Å². The van der Waals surface area contributed by atoms with E-state index in [0.717, 1.165) is 8.95 Å². The van der Waals surface area contributed by atoms with Crippen molar-refractivity contribution in [3.05, 3.63) is 49.8 Å². The lowest BCUT2D eigenvalue weighted by atomic mass is 10.3. The van der Waals surface area contributed by atoms with Crippen LogP contribution in [0.25, 0.3) is 0 Å². The molecule has 0 atom stereocenters. The standard InChI is InChI=1S/C12H7Br3N2O/c13-7-1-3-9(4-2-7)16-17-11-6-8(14)5-10(15)12(11)18/h1-6,18H/b17-16+. The van der Waals surface area contributed by atoms with Gasteiger partial charge in [0.1, 0.15) is 5.69 Å². The molecule has 0 aliphatic heterocycles. The number of azo groups is 1. The lowest BCUT2D eigenvalue weighted by Crippen LogP contribution is -1.72. The quantitative estimate of drug-likeness (QED) is 0.570. The van der Waals surface area contributed by atoms with Gasteiger partial charge in [-0.3, -0.25) is 0 Å². The Hall–Kier alpha value is -0.720. The summed E-state index contributed by atoms with van der Waals surface area (Å²) in [5.41, 5.74) is 1.12. The molecule has 3 nitrogen and oxygen atoms in total. The second-order valence-corrected chi connectivity index (χ2v) is 6.12. The third-order valence-electron chi connectivity index (χ3n) is 2.11. The summed E-state index contributed by atoms with van der Waals surface area (Å²) in [5, 5.41) is 17.9. The lowest BCUT2D eigenvalue weighted by Gasteiger charge is -2.01. The van der Waals surface area contributed by atoms with E-state index in [-0.39, 0.29) is 5.75 Å². The van der Waals surface area contributed by atoms with Crippen LogP contribution in [0.15, 0.2) is 60.0 Å². The lowest BCUT2D eigenvalue weighted by molar-refractivity contribution is 0.473. The third-order valence-corrected chi connectivity index (χ3v) is 3.70. The smallest absolute Gasteiger partial charge is 0.157 e. The minimum atomic E-state index is 0.0686. The van der Waals surface area contributed by atoms with Gasteiger partial charge in [-0.25, -0.2) is 0 Å². The molecule has 0 amide bonds. The molecule has 0 aromatic heterocycles. The van der Waals surface area contributed by atoms with Crippen LogP contribution < -0.4 is 0 Å². The van der Waals surface area contributed by atoms with E-state index < -0.39 is 0 Å². The summed E-state index contributed by atoms with van der Waals surface area (Å²) in [7, 11) is 0. The predicted molar refractivity (Wildman–Crippen MR) is 81.8 cm³/mol. The zero-order valence-corrected chi connectivity index (χ0v) is 13.7. The topological polar surface area (TPSA) is 45.0 Å². The van der Waals surface area contributed by atoms with Crippen molar-refractivity contribution < 1.29 is 5.11 Å². The molecule has 18 heavy (non-hydrogen) atoms.